The number of hydrogen-bond donors (Lipinski definition) is 1. The molecule has 0 aliphatic heterocycles. The van der Waals surface area contributed by atoms with Crippen LogP contribution < -0.4 is 5.32 Å². The van der Waals surface area contributed by atoms with Crippen molar-refractivity contribution in [2.75, 3.05) is 5.32 Å². The summed E-state index contributed by atoms with van der Waals surface area (Å²) in [7, 11) is 1.79. The molecule has 0 radical (unpaired) electrons. The lowest BCUT2D eigenvalue weighted by Gasteiger charge is -1.93. The maximum Gasteiger partial charge on any atom is 0.300 e. The Morgan fingerprint density at radius 1 is 1.47 bits per heavy atom. The summed E-state index contributed by atoms with van der Waals surface area (Å²) in [4.78, 5) is 14.3. The molecule has 0 unspecified atom stereocenters. The van der Waals surface area contributed by atoms with E-state index in [1.807, 2.05) is 0 Å². The van der Waals surface area contributed by atoms with Gasteiger partial charge in [0.25, 0.3) is 11.7 Å². The summed E-state index contributed by atoms with van der Waals surface area (Å²) >= 11 is 0. The quantitative estimate of drug-likeness (QED) is 0.571. The maximum absolute atomic E-state index is 10.7. The van der Waals surface area contributed by atoms with Gasteiger partial charge in [-0.1, -0.05) is 0 Å². The van der Waals surface area contributed by atoms with Gasteiger partial charge in [0.2, 0.25) is 0 Å². The molecule has 8 heteroatoms. The van der Waals surface area contributed by atoms with Gasteiger partial charge in [-0.05, 0) is 6.07 Å². The predicted octanol–water partition coefficient (Wildman–Crippen LogP) is 2.21. The predicted molar refractivity (Wildman–Crippen MR) is 67.2 cm³/mol. The van der Waals surface area contributed by atoms with Crippen LogP contribution in [0.4, 0.5) is 17.4 Å². The van der Waals surface area contributed by atoms with Gasteiger partial charge in [0.1, 0.15) is 5.52 Å². The first-order valence-electron chi connectivity index (χ1n) is 5.42. The zero-order chi connectivity index (χ0) is 13.4. The van der Waals surface area contributed by atoms with Crippen LogP contribution in [-0.4, -0.2) is 19.7 Å². The van der Waals surface area contributed by atoms with Crippen molar-refractivity contribution in [1.29, 1.82) is 0 Å². The van der Waals surface area contributed by atoms with Crippen molar-refractivity contribution in [1.82, 2.24) is 14.8 Å². The fourth-order valence-corrected chi connectivity index (χ4v) is 1.69. The first kappa shape index (κ1) is 11.2. The fourth-order valence-electron chi connectivity index (χ4n) is 1.69. The molecule has 0 spiro atoms. The molecule has 2 heterocycles. The van der Waals surface area contributed by atoms with Crippen LogP contribution in [0.25, 0.3) is 11.1 Å². The van der Waals surface area contributed by atoms with Crippen molar-refractivity contribution >= 4 is 28.5 Å². The summed E-state index contributed by atoms with van der Waals surface area (Å²) in [5.74, 6) is 0. The Balaban J connectivity index is 1.95. The number of nitrogens with one attached hydrogen (secondary N) is 1. The molecule has 0 fully saturated rings. The van der Waals surface area contributed by atoms with E-state index in [0.717, 1.165) is 5.69 Å². The van der Waals surface area contributed by atoms with Crippen LogP contribution in [0.2, 0.25) is 0 Å². The average molecular weight is 259 g/mol. The summed E-state index contributed by atoms with van der Waals surface area (Å²) in [6, 6.07) is 4.53. The Labute approximate surface area is 106 Å². The topological polar surface area (TPSA) is 99.0 Å². The van der Waals surface area contributed by atoms with Crippen LogP contribution in [0.3, 0.4) is 0 Å². The zero-order valence-electron chi connectivity index (χ0n) is 9.90. The van der Waals surface area contributed by atoms with E-state index in [1.165, 1.54) is 18.2 Å². The number of hydrogen-bond acceptors (Lipinski definition) is 6. The molecule has 0 atom stereocenters. The van der Waals surface area contributed by atoms with Crippen molar-refractivity contribution in [3.63, 3.8) is 0 Å². The molecule has 0 bridgehead atoms. The SMILES string of the molecule is Cn1cc(Nc2nc3cc([N+](=O)[O-])ccc3o2)cn1. The number of anilines is 2. The number of nitrogens with zero attached hydrogens (tertiary/aromatic N) is 4. The number of oxazole rings is 1. The molecule has 0 aliphatic rings. The van der Waals surface area contributed by atoms with Crippen molar-refractivity contribution in [2.45, 2.75) is 0 Å². The van der Waals surface area contributed by atoms with E-state index in [0.29, 0.717) is 11.1 Å². The highest BCUT2D eigenvalue weighted by molar-refractivity contribution is 5.77. The highest BCUT2D eigenvalue weighted by atomic mass is 16.6. The van der Waals surface area contributed by atoms with Crippen molar-refractivity contribution in [3.05, 3.63) is 40.7 Å². The normalized spacial score (nSPS) is 10.8. The summed E-state index contributed by atoms with van der Waals surface area (Å²) < 4.78 is 7.07. The third-order valence-corrected chi connectivity index (χ3v) is 2.54. The van der Waals surface area contributed by atoms with Crippen LogP contribution in [0, 0.1) is 10.1 Å². The lowest BCUT2D eigenvalue weighted by Crippen LogP contribution is -1.88. The van der Waals surface area contributed by atoms with Crippen LogP contribution in [0.15, 0.2) is 35.0 Å². The molecule has 3 rings (SSSR count). The van der Waals surface area contributed by atoms with Gasteiger partial charge in [-0.15, -0.1) is 0 Å². The first-order valence-corrected chi connectivity index (χ1v) is 5.42. The molecular formula is C11H9N5O3. The first-order chi connectivity index (χ1) is 9.11. The van der Waals surface area contributed by atoms with E-state index < -0.39 is 4.92 Å². The second kappa shape index (κ2) is 4.09. The number of aromatic nitrogens is 3. The molecule has 0 saturated heterocycles. The van der Waals surface area contributed by atoms with Gasteiger partial charge in [0, 0.05) is 25.4 Å². The minimum atomic E-state index is -0.470. The highest BCUT2D eigenvalue weighted by Gasteiger charge is 2.11. The Morgan fingerprint density at radius 2 is 2.32 bits per heavy atom. The number of rotatable bonds is 3. The maximum atomic E-state index is 10.7. The monoisotopic (exact) mass is 259 g/mol. The molecule has 0 amide bonds. The Bertz CT molecular complexity index is 761. The number of nitro groups is 1. The Hall–Kier alpha value is -2.90. The minimum Gasteiger partial charge on any atom is -0.423 e. The number of fused-ring (bicyclic) bond motifs is 1. The summed E-state index contributed by atoms with van der Waals surface area (Å²) in [5.41, 5.74) is 1.62. The zero-order valence-corrected chi connectivity index (χ0v) is 9.90. The van der Waals surface area contributed by atoms with Gasteiger partial charge in [0.15, 0.2) is 5.58 Å². The standard InChI is InChI=1S/C11H9N5O3/c1-15-6-7(5-12-15)13-11-14-9-4-8(16(17)18)2-3-10(9)19-11/h2-6H,1H3,(H,13,14). The molecule has 3 aromatic rings. The van der Waals surface area contributed by atoms with E-state index in [4.69, 9.17) is 4.42 Å². The van der Waals surface area contributed by atoms with Crippen molar-refractivity contribution in [3.8, 4) is 0 Å². The van der Waals surface area contributed by atoms with Gasteiger partial charge in [-0.25, -0.2) is 0 Å². The van der Waals surface area contributed by atoms with Gasteiger partial charge in [0.05, 0.1) is 16.8 Å². The third-order valence-electron chi connectivity index (χ3n) is 2.54. The smallest absolute Gasteiger partial charge is 0.300 e. The van der Waals surface area contributed by atoms with Crippen LogP contribution in [-0.2, 0) is 7.05 Å². The number of non-ortho nitro benzene ring substituents is 1. The second-order valence-electron chi connectivity index (χ2n) is 3.96. The van der Waals surface area contributed by atoms with Gasteiger partial charge < -0.3 is 9.73 Å². The molecule has 1 N–H and O–H groups in total. The van der Waals surface area contributed by atoms with E-state index >= 15 is 0 Å². The molecule has 1 aromatic carbocycles. The number of aryl methyl sites for hydroxylation is 1. The molecule has 19 heavy (non-hydrogen) atoms. The van der Waals surface area contributed by atoms with Crippen LogP contribution in [0.5, 0.6) is 0 Å². The van der Waals surface area contributed by atoms with Gasteiger partial charge >= 0.3 is 0 Å². The summed E-state index contributed by atoms with van der Waals surface area (Å²) in [5, 5.41) is 17.6. The lowest BCUT2D eigenvalue weighted by molar-refractivity contribution is -0.384. The van der Waals surface area contributed by atoms with Crippen molar-refractivity contribution in [2.24, 2.45) is 7.05 Å². The molecular weight excluding hydrogens is 250 g/mol. The van der Waals surface area contributed by atoms with Crippen molar-refractivity contribution < 1.29 is 9.34 Å². The number of nitro benzene ring substituents is 1. The largest absolute Gasteiger partial charge is 0.423 e. The van der Waals surface area contributed by atoms with Gasteiger partial charge in [-0.2, -0.15) is 10.1 Å². The molecule has 0 aliphatic carbocycles. The van der Waals surface area contributed by atoms with Gasteiger partial charge in [-0.3, -0.25) is 14.8 Å². The van der Waals surface area contributed by atoms with Crippen LogP contribution >= 0.6 is 0 Å². The van der Waals surface area contributed by atoms with E-state index in [2.05, 4.69) is 15.4 Å². The van der Waals surface area contributed by atoms with E-state index in [9.17, 15) is 10.1 Å². The van der Waals surface area contributed by atoms with Crippen LogP contribution in [0.1, 0.15) is 0 Å². The average Bonchev–Trinajstić information content (AvgIpc) is 2.94. The Kier molecular flexibility index (Phi) is 2.41. The Morgan fingerprint density at radius 3 is 3.00 bits per heavy atom. The minimum absolute atomic E-state index is 0.0197. The summed E-state index contributed by atoms with van der Waals surface area (Å²) in [6.45, 7) is 0. The molecule has 96 valence electrons. The number of benzene rings is 1. The molecule has 0 saturated carbocycles. The van der Waals surface area contributed by atoms with E-state index in [-0.39, 0.29) is 11.7 Å². The lowest BCUT2D eigenvalue weighted by atomic mass is 10.3. The third kappa shape index (κ3) is 2.10. The summed E-state index contributed by atoms with van der Waals surface area (Å²) in [6.07, 6.45) is 3.38. The molecule has 2 aromatic heterocycles. The molecule has 8 nitrogen and oxygen atoms in total. The van der Waals surface area contributed by atoms with E-state index in [1.54, 1.807) is 24.1 Å². The second-order valence-corrected chi connectivity index (χ2v) is 3.96. The fraction of sp³-hybridized carbons (Fsp3) is 0.0909. The highest BCUT2D eigenvalue weighted by Crippen LogP contribution is 2.25.